The molecule has 0 saturated carbocycles. The van der Waals surface area contributed by atoms with Gasteiger partial charge in [0.05, 0.1) is 16.4 Å². The van der Waals surface area contributed by atoms with Crippen molar-refractivity contribution in [3.8, 4) is 11.4 Å². The standard InChI is InChI=1S/C13H17N3S/c1-10(14)5-4-7-13-16-12(9-17-13)11-6-2-3-8-15-11/h2-3,6,8-10H,4-5,7,14H2,1H3. The Morgan fingerprint density at radius 2 is 2.24 bits per heavy atom. The van der Waals surface area contributed by atoms with Gasteiger partial charge in [-0.1, -0.05) is 6.07 Å². The Morgan fingerprint density at radius 3 is 2.94 bits per heavy atom. The molecule has 0 aliphatic heterocycles. The quantitative estimate of drug-likeness (QED) is 0.884. The van der Waals surface area contributed by atoms with Gasteiger partial charge in [0.25, 0.3) is 0 Å². The van der Waals surface area contributed by atoms with Crippen molar-refractivity contribution in [2.75, 3.05) is 0 Å². The topological polar surface area (TPSA) is 51.8 Å². The zero-order valence-corrected chi connectivity index (χ0v) is 10.8. The van der Waals surface area contributed by atoms with E-state index in [1.54, 1.807) is 17.5 Å². The smallest absolute Gasteiger partial charge is 0.0998 e. The van der Waals surface area contributed by atoms with E-state index in [-0.39, 0.29) is 6.04 Å². The molecule has 3 nitrogen and oxygen atoms in total. The largest absolute Gasteiger partial charge is 0.328 e. The predicted octanol–water partition coefficient (Wildman–Crippen LogP) is 2.88. The van der Waals surface area contributed by atoms with E-state index in [9.17, 15) is 0 Å². The predicted molar refractivity (Wildman–Crippen MR) is 71.9 cm³/mol. The van der Waals surface area contributed by atoms with Crippen LogP contribution >= 0.6 is 11.3 Å². The minimum Gasteiger partial charge on any atom is -0.328 e. The van der Waals surface area contributed by atoms with Crippen LogP contribution in [0.1, 0.15) is 24.8 Å². The van der Waals surface area contributed by atoms with Crippen molar-refractivity contribution in [1.82, 2.24) is 9.97 Å². The van der Waals surface area contributed by atoms with Crippen LogP contribution in [0.15, 0.2) is 29.8 Å². The fourth-order valence-electron chi connectivity index (χ4n) is 1.63. The van der Waals surface area contributed by atoms with Crippen molar-refractivity contribution in [2.24, 2.45) is 5.73 Å². The summed E-state index contributed by atoms with van der Waals surface area (Å²) in [4.78, 5) is 8.89. The maximum absolute atomic E-state index is 5.73. The zero-order chi connectivity index (χ0) is 12.1. The van der Waals surface area contributed by atoms with E-state index in [4.69, 9.17) is 5.73 Å². The van der Waals surface area contributed by atoms with Gasteiger partial charge in [0.15, 0.2) is 0 Å². The van der Waals surface area contributed by atoms with E-state index in [2.05, 4.69) is 15.3 Å². The lowest BCUT2D eigenvalue weighted by Crippen LogP contribution is -2.14. The highest BCUT2D eigenvalue weighted by Crippen LogP contribution is 2.20. The van der Waals surface area contributed by atoms with Gasteiger partial charge in [-0.3, -0.25) is 4.98 Å². The summed E-state index contributed by atoms with van der Waals surface area (Å²) in [6.45, 7) is 2.04. The summed E-state index contributed by atoms with van der Waals surface area (Å²) >= 11 is 1.70. The van der Waals surface area contributed by atoms with Crippen molar-refractivity contribution in [3.63, 3.8) is 0 Å². The molecule has 2 N–H and O–H groups in total. The maximum Gasteiger partial charge on any atom is 0.0998 e. The average Bonchev–Trinajstić information content (AvgIpc) is 2.78. The Kier molecular flexibility index (Phi) is 4.23. The molecule has 0 fully saturated rings. The Balaban J connectivity index is 1.97. The van der Waals surface area contributed by atoms with Crippen LogP contribution in [0.5, 0.6) is 0 Å². The summed E-state index contributed by atoms with van der Waals surface area (Å²) in [5.41, 5.74) is 7.65. The van der Waals surface area contributed by atoms with Crippen molar-refractivity contribution in [1.29, 1.82) is 0 Å². The lowest BCUT2D eigenvalue weighted by molar-refractivity contribution is 0.623. The number of aryl methyl sites for hydroxylation is 1. The summed E-state index contributed by atoms with van der Waals surface area (Å²) in [6.07, 6.45) is 4.97. The number of thiazole rings is 1. The van der Waals surface area contributed by atoms with E-state index in [0.717, 1.165) is 30.7 Å². The number of nitrogens with zero attached hydrogens (tertiary/aromatic N) is 2. The molecule has 4 heteroatoms. The molecule has 0 spiro atoms. The molecule has 2 aromatic heterocycles. The molecule has 2 aromatic rings. The van der Waals surface area contributed by atoms with Gasteiger partial charge in [0, 0.05) is 17.6 Å². The summed E-state index contributed by atoms with van der Waals surface area (Å²) in [5.74, 6) is 0. The fourth-order valence-corrected chi connectivity index (χ4v) is 2.47. The third-order valence-electron chi connectivity index (χ3n) is 2.53. The van der Waals surface area contributed by atoms with Gasteiger partial charge < -0.3 is 5.73 Å². The summed E-state index contributed by atoms with van der Waals surface area (Å²) in [7, 11) is 0. The summed E-state index contributed by atoms with van der Waals surface area (Å²) in [5, 5.41) is 3.25. The van der Waals surface area contributed by atoms with Crippen LogP contribution in [0.3, 0.4) is 0 Å². The van der Waals surface area contributed by atoms with Gasteiger partial charge in [-0.25, -0.2) is 4.98 Å². The summed E-state index contributed by atoms with van der Waals surface area (Å²) < 4.78 is 0. The Bertz CT molecular complexity index is 451. The van der Waals surface area contributed by atoms with Crippen molar-refractivity contribution in [2.45, 2.75) is 32.2 Å². The molecular formula is C13H17N3S. The number of pyridine rings is 1. The van der Waals surface area contributed by atoms with Gasteiger partial charge in [-0.2, -0.15) is 0 Å². The van der Waals surface area contributed by atoms with E-state index in [1.165, 1.54) is 5.01 Å². The van der Waals surface area contributed by atoms with Crippen LogP contribution < -0.4 is 5.73 Å². The monoisotopic (exact) mass is 247 g/mol. The highest BCUT2D eigenvalue weighted by Gasteiger charge is 2.05. The van der Waals surface area contributed by atoms with Crippen molar-refractivity contribution >= 4 is 11.3 Å². The molecule has 1 unspecified atom stereocenters. The van der Waals surface area contributed by atoms with E-state index < -0.39 is 0 Å². The maximum atomic E-state index is 5.73. The van der Waals surface area contributed by atoms with Crippen molar-refractivity contribution in [3.05, 3.63) is 34.8 Å². The van der Waals surface area contributed by atoms with Gasteiger partial charge >= 0.3 is 0 Å². The highest BCUT2D eigenvalue weighted by atomic mass is 32.1. The van der Waals surface area contributed by atoms with Crippen LogP contribution in [0.25, 0.3) is 11.4 Å². The Labute approximate surface area is 106 Å². The van der Waals surface area contributed by atoms with E-state index in [1.807, 2.05) is 25.1 Å². The van der Waals surface area contributed by atoms with Crippen LogP contribution in [0.2, 0.25) is 0 Å². The number of hydrogen-bond donors (Lipinski definition) is 1. The molecule has 2 rings (SSSR count). The number of aromatic nitrogens is 2. The second-order valence-electron chi connectivity index (χ2n) is 4.21. The molecule has 0 saturated heterocycles. The first kappa shape index (κ1) is 12.2. The van der Waals surface area contributed by atoms with Gasteiger partial charge in [-0.15, -0.1) is 11.3 Å². The van der Waals surface area contributed by atoms with Gasteiger partial charge in [0.1, 0.15) is 0 Å². The normalized spacial score (nSPS) is 12.6. The lowest BCUT2D eigenvalue weighted by atomic mass is 10.1. The van der Waals surface area contributed by atoms with Gasteiger partial charge in [0.2, 0.25) is 0 Å². The third kappa shape index (κ3) is 3.61. The fraction of sp³-hybridized carbons (Fsp3) is 0.385. The Hall–Kier alpha value is -1.26. The van der Waals surface area contributed by atoms with E-state index >= 15 is 0 Å². The lowest BCUT2D eigenvalue weighted by Gasteiger charge is -2.01. The molecule has 0 aliphatic carbocycles. The van der Waals surface area contributed by atoms with Crippen LogP contribution in [-0.4, -0.2) is 16.0 Å². The molecule has 2 heterocycles. The second kappa shape index (κ2) is 5.89. The average molecular weight is 247 g/mol. The van der Waals surface area contributed by atoms with Crippen LogP contribution in [-0.2, 0) is 6.42 Å². The third-order valence-corrected chi connectivity index (χ3v) is 3.44. The second-order valence-corrected chi connectivity index (χ2v) is 5.15. The Morgan fingerprint density at radius 1 is 1.35 bits per heavy atom. The summed E-state index contributed by atoms with van der Waals surface area (Å²) in [6, 6.07) is 6.17. The molecule has 0 amide bonds. The minimum absolute atomic E-state index is 0.283. The first-order valence-corrected chi connectivity index (χ1v) is 6.75. The minimum atomic E-state index is 0.283. The number of hydrogen-bond acceptors (Lipinski definition) is 4. The molecule has 1 atom stereocenters. The first-order valence-electron chi connectivity index (χ1n) is 5.87. The highest BCUT2D eigenvalue weighted by molar-refractivity contribution is 7.09. The molecule has 0 aliphatic rings. The molecule has 0 bridgehead atoms. The van der Waals surface area contributed by atoms with E-state index in [0.29, 0.717) is 0 Å². The van der Waals surface area contributed by atoms with Gasteiger partial charge in [-0.05, 0) is 38.3 Å². The van der Waals surface area contributed by atoms with Crippen LogP contribution in [0.4, 0.5) is 0 Å². The zero-order valence-electron chi connectivity index (χ0n) is 9.97. The SMILES string of the molecule is CC(N)CCCc1nc(-c2ccccn2)cs1. The molecule has 90 valence electrons. The molecular weight excluding hydrogens is 230 g/mol. The van der Waals surface area contributed by atoms with Crippen LogP contribution in [0, 0.1) is 0 Å². The molecule has 17 heavy (non-hydrogen) atoms. The number of rotatable bonds is 5. The first-order chi connectivity index (χ1) is 8.25. The number of nitrogens with two attached hydrogens (primary N) is 1. The van der Waals surface area contributed by atoms with Crippen molar-refractivity contribution < 1.29 is 0 Å². The molecule has 0 radical (unpaired) electrons. The molecule has 0 aromatic carbocycles.